The zero-order valence-corrected chi connectivity index (χ0v) is 15.8. The number of hydrogen-bond acceptors (Lipinski definition) is 3. The summed E-state index contributed by atoms with van der Waals surface area (Å²) in [6, 6.07) is 14.3. The molecule has 0 spiro atoms. The van der Waals surface area contributed by atoms with Crippen molar-refractivity contribution in [2.75, 3.05) is 0 Å². The van der Waals surface area contributed by atoms with Gasteiger partial charge in [-0.2, -0.15) is 0 Å². The Balaban J connectivity index is 1.28. The molecular weight excluding hydrogens is 334 g/mol. The summed E-state index contributed by atoms with van der Waals surface area (Å²) in [6.45, 7) is 0.846. The first-order valence-corrected chi connectivity index (χ1v) is 10.5. The Morgan fingerprint density at radius 2 is 1.67 bits per heavy atom. The van der Waals surface area contributed by atoms with Crippen molar-refractivity contribution in [1.29, 1.82) is 0 Å². The topological polar surface area (TPSA) is 52.5 Å². The Morgan fingerprint density at radius 1 is 0.815 bits per heavy atom. The molecule has 2 aromatic carbocycles. The largest absolute Gasteiger partial charge is 0.508 e. The predicted octanol–water partition coefficient (Wildman–Crippen LogP) is 4.72. The molecule has 0 amide bonds. The lowest BCUT2D eigenvalue weighted by Crippen LogP contribution is -2.41. The van der Waals surface area contributed by atoms with Gasteiger partial charge in [0.05, 0.1) is 0 Å². The lowest BCUT2D eigenvalue weighted by Gasteiger charge is -2.45. The summed E-state index contributed by atoms with van der Waals surface area (Å²) in [5, 5.41) is 23.3. The molecule has 3 N–H and O–H groups in total. The van der Waals surface area contributed by atoms with E-state index in [1.165, 1.54) is 48.8 Å². The molecule has 5 atom stereocenters. The van der Waals surface area contributed by atoms with Crippen LogP contribution in [0.1, 0.15) is 54.7 Å². The van der Waals surface area contributed by atoms with Crippen LogP contribution in [0.5, 0.6) is 11.5 Å². The van der Waals surface area contributed by atoms with Crippen LogP contribution >= 0.6 is 0 Å². The Morgan fingerprint density at radius 3 is 2.56 bits per heavy atom. The van der Waals surface area contributed by atoms with Gasteiger partial charge in [0, 0.05) is 12.6 Å². The van der Waals surface area contributed by atoms with E-state index in [9.17, 15) is 10.2 Å². The highest BCUT2D eigenvalue weighted by Gasteiger charge is 2.47. The number of fused-ring (bicyclic) bond motifs is 5. The van der Waals surface area contributed by atoms with Crippen LogP contribution < -0.4 is 5.32 Å². The molecule has 3 nitrogen and oxygen atoms in total. The minimum absolute atomic E-state index is 0.353. The fourth-order valence-electron chi connectivity index (χ4n) is 6.39. The van der Waals surface area contributed by atoms with Crippen molar-refractivity contribution in [3.8, 4) is 11.5 Å². The zero-order valence-electron chi connectivity index (χ0n) is 15.8. The standard InChI is InChI=1S/C24H29NO2/c26-17-3-1-2-15(12-17)14-25-24-11-10-22-21-6-4-16-13-18(27)5-7-19(16)20(21)8-9-23(22)24/h1-3,5,7,12-13,20-27H,4,6,8-11,14H2. The molecule has 5 rings (SSSR count). The molecular formula is C24H29NO2. The average molecular weight is 364 g/mol. The highest BCUT2D eigenvalue weighted by molar-refractivity contribution is 5.40. The number of phenols is 2. The third-order valence-electron chi connectivity index (χ3n) is 7.51. The smallest absolute Gasteiger partial charge is 0.115 e. The van der Waals surface area contributed by atoms with Crippen LogP contribution in [0, 0.1) is 17.8 Å². The van der Waals surface area contributed by atoms with E-state index in [0.29, 0.717) is 23.5 Å². The van der Waals surface area contributed by atoms with E-state index >= 15 is 0 Å². The van der Waals surface area contributed by atoms with Gasteiger partial charge < -0.3 is 15.5 Å². The third kappa shape index (κ3) is 3.12. The maximum atomic E-state index is 9.82. The first-order chi connectivity index (χ1) is 13.2. The first kappa shape index (κ1) is 17.1. The molecule has 142 valence electrons. The van der Waals surface area contributed by atoms with Crippen molar-refractivity contribution in [2.24, 2.45) is 17.8 Å². The van der Waals surface area contributed by atoms with E-state index in [1.807, 2.05) is 24.3 Å². The number of benzene rings is 2. The van der Waals surface area contributed by atoms with Gasteiger partial charge in [-0.3, -0.25) is 0 Å². The van der Waals surface area contributed by atoms with Gasteiger partial charge in [0.15, 0.2) is 0 Å². The molecule has 3 aliphatic carbocycles. The number of phenolic OH excluding ortho intramolecular Hbond substituents is 2. The Hall–Kier alpha value is -2.00. The Bertz CT molecular complexity index is 833. The highest BCUT2D eigenvalue weighted by atomic mass is 16.3. The van der Waals surface area contributed by atoms with Crippen LogP contribution in [0.25, 0.3) is 0 Å². The maximum absolute atomic E-state index is 9.82. The molecule has 3 heteroatoms. The van der Waals surface area contributed by atoms with Crippen molar-refractivity contribution in [1.82, 2.24) is 5.32 Å². The van der Waals surface area contributed by atoms with Crippen LogP contribution in [0.3, 0.4) is 0 Å². The van der Waals surface area contributed by atoms with E-state index in [1.54, 1.807) is 6.07 Å². The molecule has 2 aromatic rings. The fourth-order valence-corrected chi connectivity index (χ4v) is 6.39. The quantitative estimate of drug-likeness (QED) is 0.739. The van der Waals surface area contributed by atoms with Gasteiger partial charge in [-0.25, -0.2) is 0 Å². The molecule has 0 radical (unpaired) electrons. The van der Waals surface area contributed by atoms with Gasteiger partial charge in [0.2, 0.25) is 0 Å². The second-order valence-corrected chi connectivity index (χ2v) is 8.83. The number of hydrogen-bond donors (Lipinski definition) is 3. The van der Waals surface area contributed by atoms with Gasteiger partial charge in [0.1, 0.15) is 11.5 Å². The molecule has 2 saturated carbocycles. The predicted molar refractivity (Wildman–Crippen MR) is 107 cm³/mol. The molecule has 2 fully saturated rings. The second kappa shape index (κ2) is 6.87. The number of nitrogens with one attached hydrogen (secondary N) is 1. The van der Waals surface area contributed by atoms with E-state index in [-0.39, 0.29) is 0 Å². The second-order valence-electron chi connectivity index (χ2n) is 8.83. The molecule has 0 bridgehead atoms. The monoisotopic (exact) mass is 363 g/mol. The Labute approximate surface area is 161 Å². The zero-order chi connectivity index (χ0) is 18.4. The summed E-state index contributed by atoms with van der Waals surface area (Å²) >= 11 is 0. The normalized spacial score (nSPS) is 31.8. The number of aromatic hydroxyl groups is 2. The molecule has 0 aliphatic heterocycles. The average Bonchev–Trinajstić information content (AvgIpc) is 3.09. The third-order valence-corrected chi connectivity index (χ3v) is 7.51. The lowest BCUT2D eigenvalue weighted by atomic mass is 9.60. The summed E-state index contributed by atoms with van der Waals surface area (Å²) in [5.41, 5.74) is 4.06. The van der Waals surface area contributed by atoms with E-state index in [0.717, 1.165) is 30.7 Å². The molecule has 0 aromatic heterocycles. The van der Waals surface area contributed by atoms with Crippen molar-refractivity contribution >= 4 is 0 Å². The summed E-state index contributed by atoms with van der Waals surface area (Å²) in [6.07, 6.45) is 7.62. The van der Waals surface area contributed by atoms with Gasteiger partial charge in [-0.15, -0.1) is 0 Å². The Kier molecular flexibility index (Phi) is 4.35. The lowest BCUT2D eigenvalue weighted by molar-refractivity contribution is 0.123. The van der Waals surface area contributed by atoms with Crippen LogP contribution in [-0.2, 0) is 13.0 Å². The van der Waals surface area contributed by atoms with E-state index in [4.69, 9.17) is 0 Å². The SMILES string of the molecule is Oc1cccc(CNC2CCC3C2CCC2c4ccc(O)cc4CCC23)c1. The summed E-state index contributed by atoms with van der Waals surface area (Å²) in [4.78, 5) is 0. The highest BCUT2D eigenvalue weighted by Crippen LogP contribution is 2.55. The van der Waals surface area contributed by atoms with Crippen molar-refractivity contribution in [2.45, 2.75) is 57.0 Å². The maximum Gasteiger partial charge on any atom is 0.115 e. The number of aryl methyl sites for hydroxylation is 1. The van der Waals surface area contributed by atoms with Crippen LogP contribution in [0.4, 0.5) is 0 Å². The van der Waals surface area contributed by atoms with Gasteiger partial charge in [-0.05, 0) is 103 Å². The van der Waals surface area contributed by atoms with Crippen LogP contribution in [0.15, 0.2) is 42.5 Å². The summed E-state index contributed by atoms with van der Waals surface area (Å²) < 4.78 is 0. The summed E-state index contributed by atoms with van der Waals surface area (Å²) in [7, 11) is 0. The molecule has 0 heterocycles. The van der Waals surface area contributed by atoms with Crippen molar-refractivity contribution < 1.29 is 10.2 Å². The molecule has 27 heavy (non-hydrogen) atoms. The van der Waals surface area contributed by atoms with Crippen LogP contribution in [-0.4, -0.2) is 16.3 Å². The van der Waals surface area contributed by atoms with Crippen molar-refractivity contribution in [3.05, 3.63) is 59.2 Å². The van der Waals surface area contributed by atoms with Crippen molar-refractivity contribution in [3.63, 3.8) is 0 Å². The number of rotatable bonds is 3. The van der Waals surface area contributed by atoms with Gasteiger partial charge in [-0.1, -0.05) is 18.2 Å². The van der Waals surface area contributed by atoms with Gasteiger partial charge in [0.25, 0.3) is 0 Å². The minimum Gasteiger partial charge on any atom is -0.508 e. The molecule has 5 unspecified atom stereocenters. The molecule has 3 aliphatic rings. The van der Waals surface area contributed by atoms with E-state index < -0.39 is 0 Å². The van der Waals surface area contributed by atoms with Gasteiger partial charge >= 0.3 is 0 Å². The molecule has 0 saturated heterocycles. The summed E-state index contributed by atoms with van der Waals surface area (Å²) in [5.74, 6) is 3.91. The van der Waals surface area contributed by atoms with Crippen LogP contribution in [0.2, 0.25) is 0 Å². The van der Waals surface area contributed by atoms with E-state index in [2.05, 4.69) is 17.4 Å². The first-order valence-electron chi connectivity index (χ1n) is 10.5. The fraction of sp³-hybridized carbons (Fsp3) is 0.500. The minimum atomic E-state index is 0.353.